The summed E-state index contributed by atoms with van der Waals surface area (Å²) in [5.41, 5.74) is 7.81. The van der Waals surface area contributed by atoms with Crippen molar-refractivity contribution in [1.29, 1.82) is 0 Å². The minimum absolute atomic E-state index is 0.00882. The molecule has 0 fully saturated rings. The maximum absolute atomic E-state index is 10.0. The fourth-order valence-corrected chi connectivity index (χ4v) is 0.744. The zero-order chi connectivity index (χ0) is 11.8. The molecule has 0 unspecified atom stereocenters. The fourth-order valence-electron chi connectivity index (χ4n) is 0.744. The topological polar surface area (TPSA) is 156 Å². The number of hydrogen-bond donors (Lipinski definition) is 4. The number of nitrogens with zero attached hydrogens (tertiary/aromatic N) is 3. The zero-order valence-electron chi connectivity index (χ0n) is 7.54. The Labute approximate surface area is 84.1 Å². The number of carbonyl (C=O) groups is 1. The van der Waals surface area contributed by atoms with Gasteiger partial charge in [-0.2, -0.15) is 0 Å². The number of aliphatic hydroxyl groups is 4. The fraction of sp³-hybridized carbons (Fsp3) is 0.833. The number of hydrogen-bond acceptors (Lipinski definition) is 7. The first-order chi connectivity index (χ1) is 7.04. The van der Waals surface area contributed by atoms with Crippen molar-refractivity contribution in [3.63, 3.8) is 0 Å². The predicted octanol–water partition coefficient (Wildman–Crippen LogP) is -2.13. The average molecular weight is 221 g/mol. The average Bonchev–Trinajstić information content (AvgIpc) is 2.26. The standard InChI is InChI=1S/C6H11N3O6/c7-8-9-15-2-4(12)6(14)5(13)3(11)1-10/h1,3-6,11-14H,2H2/t3-,4-,5-,6-/m1/s1. The van der Waals surface area contributed by atoms with Crippen molar-refractivity contribution in [3.8, 4) is 0 Å². The Hall–Kier alpha value is -1.38. The van der Waals surface area contributed by atoms with E-state index in [0.29, 0.717) is 0 Å². The number of rotatable bonds is 7. The monoisotopic (exact) mass is 221 g/mol. The molecule has 0 aromatic carbocycles. The van der Waals surface area contributed by atoms with E-state index in [0.717, 1.165) is 0 Å². The first-order valence-corrected chi connectivity index (χ1v) is 3.88. The van der Waals surface area contributed by atoms with Crippen molar-refractivity contribution in [2.24, 2.45) is 5.28 Å². The highest BCUT2D eigenvalue weighted by Gasteiger charge is 2.30. The molecule has 0 aliphatic rings. The lowest BCUT2D eigenvalue weighted by Gasteiger charge is -2.23. The predicted molar refractivity (Wildman–Crippen MR) is 45.2 cm³/mol. The van der Waals surface area contributed by atoms with Crippen LogP contribution in [0.5, 0.6) is 0 Å². The second-order valence-corrected chi connectivity index (χ2v) is 2.64. The molecular weight excluding hydrogens is 210 g/mol. The normalized spacial score (nSPS) is 18.1. The van der Waals surface area contributed by atoms with Gasteiger partial charge in [-0.3, -0.25) is 0 Å². The van der Waals surface area contributed by atoms with Gasteiger partial charge >= 0.3 is 0 Å². The van der Waals surface area contributed by atoms with Gasteiger partial charge in [0, 0.05) is 4.91 Å². The lowest BCUT2D eigenvalue weighted by Crippen LogP contribution is -2.46. The van der Waals surface area contributed by atoms with E-state index >= 15 is 0 Å². The Kier molecular flexibility index (Phi) is 6.34. The van der Waals surface area contributed by atoms with Crippen LogP contribution in [0.15, 0.2) is 5.28 Å². The summed E-state index contributed by atoms with van der Waals surface area (Å²) in [5, 5.41) is 38.7. The van der Waals surface area contributed by atoms with Gasteiger partial charge in [-0.05, 0) is 5.53 Å². The third-order valence-electron chi connectivity index (χ3n) is 1.57. The molecule has 0 spiro atoms. The van der Waals surface area contributed by atoms with Crippen LogP contribution in [-0.2, 0) is 9.63 Å². The Morgan fingerprint density at radius 2 is 1.93 bits per heavy atom. The van der Waals surface area contributed by atoms with Gasteiger partial charge in [0.25, 0.3) is 0 Å². The molecule has 0 bridgehead atoms. The molecule has 0 saturated carbocycles. The number of aldehydes is 1. The highest BCUT2D eigenvalue weighted by molar-refractivity contribution is 5.56. The molecule has 9 heteroatoms. The summed E-state index contributed by atoms with van der Waals surface area (Å²) in [6.45, 7) is -0.576. The summed E-state index contributed by atoms with van der Waals surface area (Å²) in [5.74, 6) is 0. The number of aliphatic hydroxyl groups excluding tert-OH is 4. The van der Waals surface area contributed by atoms with Crippen molar-refractivity contribution in [2.45, 2.75) is 24.4 Å². The van der Waals surface area contributed by atoms with E-state index in [2.05, 4.69) is 15.0 Å². The molecule has 0 amide bonds. The summed E-state index contributed by atoms with van der Waals surface area (Å²) < 4.78 is 0. The van der Waals surface area contributed by atoms with E-state index in [1.165, 1.54) is 0 Å². The molecule has 0 rings (SSSR count). The molecule has 0 aliphatic heterocycles. The summed E-state index contributed by atoms with van der Waals surface area (Å²) in [4.78, 5) is 16.4. The van der Waals surface area contributed by atoms with Crippen LogP contribution in [0.25, 0.3) is 10.4 Å². The van der Waals surface area contributed by atoms with E-state index in [9.17, 15) is 4.79 Å². The molecule has 86 valence electrons. The van der Waals surface area contributed by atoms with Gasteiger partial charge in [-0.1, -0.05) is 0 Å². The van der Waals surface area contributed by atoms with E-state index in [1.54, 1.807) is 0 Å². The van der Waals surface area contributed by atoms with E-state index in [4.69, 9.17) is 26.0 Å². The first kappa shape index (κ1) is 13.6. The molecule has 9 nitrogen and oxygen atoms in total. The molecule has 0 heterocycles. The van der Waals surface area contributed by atoms with Crippen LogP contribution in [-0.4, -0.2) is 57.7 Å². The Morgan fingerprint density at radius 3 is 2.40 bits per heavy atom. The van der Waals surface area contributed by atoms with Crippen LogP contribution in [0, 0.1) is 0 Å². The van der Waals surface area contributed by atoms with Crippen LogP contribution in [0.4, 0.5) is 0 Å². The van der Waals surface area contributed by atoms with Gasteiger partial charge in [0.2, 0.25) is 0 Å². The summed E-state index contributed by atoms with van der Waals surface area (Å²) >= 11 is 0. The third kappa shape index (κ3) is 4.58. The molecule has 0 aliphatic carbocycles. The molecule has 0 radical (unpaired) electrons. The van der Waals surface area contributed by atoms with Gasteiger partial charge in [-0.15, -0.1) is 0 Å². The Balaban J connectivity index is 4.11. The Bertz CT molecular complexity index is 243. The SMILES string of the molecule is [N-]=[N+]=NOC[C@@H](O)[C@@H](O)[C@H](O)[C@H](O)C=O. The second-order valence-electron chi connectivity index (χ2n) is 2.64. The van der Waals surface area contributed by atoms with Crippen molar-refractivity contribution in [1.82, 2.24) is 0 Å². The maximum atomic E-state index is 10.0. The maximum Gasteiger partial charge on any atom is 0.151 e. The third-order valence-corrected chi connectivity index (χ3v) is 1.57. The number of azide groups is 1. The molecule has 0 aromatic heterocycles. The van der Waals surface area contributed by atoms with E-state index < -0.39 is 31.0 Å². The first-order valence-electron chi connectivity index (χ1n) is 3.88. The Morgan fingerprint density at radius 1 is 1.33 bits per heavy atom. The van der Waals surface area contributed by atoms with Gasteiger partial charge in [-0.25, -0.2) is 0 Å². The zero-order valence-corrected chi connectivity index (χ0v) is 7.54. The van der Waals surface area contributed by atoms with Crippen molar-refractivity contribution in [2.75, 3.05) is 6.61 Å². The number of carbonyl (C=O) groups excluding carboxylic acids is 1. The largest absolute Gasteiger partial charge is 0.431 e. The molecule has 4 atom stereocenters. The summed E-state index contributed by atoms with van der Waals surface area (Å²) in [6, 6.07) is 0. The van der Waals surface area contributed by atoms with Crippen molar-refractivity contribution in [3.05, 3.63) is 10.4 Å². The van der Waals surface area contributed by atoms with Gasteiger partial charge in [0.05, 0.1) is 0 Å². The van der Waals surface area contributed by atoms with Crippen LogP contribution < -0.4 is 0 Å². The molecular formula is C6H11N3O6. The highest BCUT2D eigenvalue weighted by atomic mass is 16.6. The van der Waals surface area contributed by atoms with Gasteiger partial charge in [0.15, 0.2) is 6.29 Å². The molecule has 15 heavy (non-hydrogen) atoms. The van der Waals surface area contributed by atoms with Crippen molar-refractivity contribution >= 4 is 6.29 Å². The molecule has 0 aromatic rings. The highest BCUT2D eigenvalue weighted by Crippen LogP contribution is 2.04. The van der Waals surface area contributed by atoms with E-state index in [-0.39, 0.29) is 6.29 Å². The minimum atomic E-state index is -1.84. The van der Waals surface area contributed by atoms with Crippen LogP contribution in [0.2, 0.25) is 0 Å². The minimum Gasteiger partial charge on any atom is -0.431 e. The van der Waals surface area contributed by atoms with Crippen LogP contribution >= 0.6 is 0 Å². The molecule has 0 saturated heterocycles. The smallest absolute Gasteiger partial charge is 0.151 e. The van der Waals surface area contributed by atoms with Gasteiger partial charge < -0.3 is 30.1 Å². The lowest BCUT2D eigenvalue weighted by molar-refractivity contribution is -0.138. The lowest BCUT2D eigenvalue weighted by atomic mass is 10.0. The van der Waals surface area contributed by atoms with E-state index in [1.807, 2.05) is 0 Å². The van der Waals surface area contributed by atoms with Crippen LogP contribution in [0.1, 0.15) is 0 Å². The second kappa shape index (κ2) is 6.98. The quantitative estimate of drug-likeness (QED) is 0.126. The summed E-state index contributed by atoms with van der Waals surface area (Å²) in [6.07, 6.45) is -7.03. The van der Waals surface area contributed by atoms with Crippen LogP contribution in [0.3, 0.4) is 0 Å². The van der Waals surface area contributed by atoms with Gasteiger partial charge in [0.1, 0.15) is 36.3 Å². The summed E-state index contributed by atoms with van der Waals surface area (Å²) in [7, 11) is 0. The van der Waals surface area contributed by atoms with Crippen molar-refractivity contribution < 1.29 is 30.1 Å². The molecule has 4 N–H and O–H groups in total.